The van der Waals surface area contributed by atoms with Gasteiger partial charge in [-0.2, -0.15) is 5.10 Å². The number of likely N-dealkylation sites (tertiary alicyclic amines) is 1. The Morgan fingerprint density at radius 3 is 2.63 bits per heavy atom. The van der Waals surface area contributed by atoms with Crippen molar-refractivity contribution in [3.8, 4) is 0 Å². The minimum absolute atomic E-state index is 0.0875. The molecule has 0 atom stereocenters. The predicted octanol–water partition coefficient (Wildman–Crippen LogP) is 0.944. The number of aromatic nitrogens is 2. The monoisotopic (exact) mass is 262 g/mol. The lowest BCUT2D eigenvalue weighted by Gasteiger charge is -2.38. The molecule has 2 aliphatic rings. The van der Waals surface area contributed by atoms with E-state index < -0.39 is 0 Å². The number of aryl methyl sites for hydroxylation is 2. The van der Waals surface area contributed by atoms with Crippen LogP contribution in [0.15, 0.2) is 6.07 Å². The van der Waals surface area contributed by atoms with Gasteiger partial charge >= 0.3 is 0 Å². The quantitative estimate of drug-likeness (QED) is 0.819. The summed E-state index contributed by atoms with van der Waals surface area (Å²) in [6.45, 7) is 5.97. The minimum Gasteiger partial charge on any atom is -0.337 e. The molecule has 0 aliphatic carbocycles. The van der Waals surface area contributed by atoms with E-state index in [1.807, 2.05) is 24.9 Å². The van der Waals surface area contributed by atoms with Crippen LogP contribution in [0.5, 0.6) is 0 Å². The normalized spacial score (nSPS) is 22.1. The topological polar surface area (TPSA) is 50.2 Å². The lowest BCUT2D eigenvalue weighted by Crippen LogP contribution is -2.44. The van der Waals surface area contributed by atoms with Crippen molar-refractivity contribution in [3.63, 3.8) is 0 Å². The first kappa shape index (κ1) is 12.7. The van der Waals surface area contributed by atoms with Crippen molar-refractivity contribution in [2.24, 2.45) is 12.5 Å². The summed E-state index contributed by atoms with van der Waals surface area (Å²) < 4.78 is 1.76. The fourth-order valence-electron chi connectivity index (χ4n) is 3.23. The van der Waals surface area contributed by atoms with Crippen LogP contribution in [0, 0.1) is 12.3 Å². The van der Waals surface area contributed by atoms with Crippen LogP contribution in [-0.4, -0.2) is 46.8 Å². The van der Waals surface area contributed by atoms with Crippen LogP contribution in [0.3, 0.4) is 0 Å². The Bertz CT molecular complexity index is 458. The van der Waals surface area contributed by atoms with E-state index >= 15 is 0 Å². The molecule has 0 aromatic carbocycles. The fourth-order valence-corrected chi connectivity index (χ4v) is 3.23. The average Bonchev–Trinajstić information content (AvgIpc) is 2.98. The Morgan fingerprint density at radius 2 is 2.11 bits per heavy atom. The molecular formula is C14H22N4O. The van der Waals surface area contributed by atoms with Crippen LogP contribution in [0.1, 0.15) is 35.4 Å². The third kappa shape index (κ3) is 2.27. The molecule has 0 bridgehead atoms. The van der Waals surface area contributed by atoms with Gasteiger partial charge in [-0.05, 0) is 44.2 Å². The highest BCUT2D eigenvalue weighted by molar-refractivity contribution is 5.92. The Morgan fingerprint density at radius 1 is 1.37 bits per heavy atom. The van der Waals surface area contributed by atoms with Crippen molar-refractivity contribution in [3.05, 3.63) is 17.5 Å². The molecule has 5 nitrogen and oxygen atoms in total. The molecule has 1 N–H and O–H groups in total. The maximum Gasteiger partial charge on any atom is 0.274 e. The zero-order valence-corrected chi connectivity index (χ0v) is 11.8. The second-order valence-electron chi connectivity index (χ2n) is 6.01. The summed E-state index contributed by atoms with van der Waals surface area (Å²) in [5.41, 5.74) is 2.06. The molecule has 2 fully saturated rings. The maximum absolute atomic E-state index is 12.4. The Labute approximate surface area is 114 Å². The molecule has 1 aromatic rings. The summed E-state index contributed by atoms with van der Waals surface area (Å²) in [5, 5.41) is 7.74. The average molecular weight is 262 g/mol. The van der Waals surface area contributed by atoms with E-state index in [1.165, 1.54) is 6.42 Å². The molecule has 5 heteroatoms. The minimum atomic E-state index is 0.0875. The molecule has 0 radical (unpaired) electrons. The van der Waals surface area contributed by atoms with Crippen molar-refractivity contribution in [2.45, 2.75) is 26.2 Å². The number of amides is 1. The third-order valence-corrected chi connectivity index (χ3v) is 4.78. The number of piperidine rings is 1. The van der Waals surface area contributed by atoms with E-state index in [0.29, 0.717) is 11.1 Å². The predicted molar refractivity (Wildman–Crippen MR) is 73.0 cm³/mol. The zero-order valence-electron chi connectivity index (χ0n) is 11.8. The van der Waals surface area contributed by atoms with Gasteiger partial charge in [0.05, 0.1) is 0 Å². The summed E-state index contributed by atoms with van der Waals surface area (Å²) in [5.74, 6) is 0.0875. The molecule has 0 saturated carbocycles. The standard InChI is InChI=1S/C14H22N4O/c1-11-9-12(16-17(11)2)13(19)18-7-4-14(5-8-18)3-6-15-10-14/h9,15H,3-8,10H2,1-2H3. The first-order valence-corrected chi connectivity index (χ1v) is 7.10. The molecule has 3 heterocycles. The van der Waals surface area contributed by atoms with Gasteiger partial charge in [-0.1, -0.05) is 0 Å². The largest absolute Gasteiger partial charge is 0.337 e. The van der Waals surface area contributed by atoms with Crippen molar-refractivity contribution in [1.82, 2.24) is 20.0 Å². The highest BCUT2D eigenvalue weighted by Crippen LogP contribution is 2.37. The second-order valence-corrected chi connectivity index (χ2v) is 6.01. The summed E-state index contributed by atoms with van der Waals surface area (Å²) in [7, 11) is 1.88. The molecule has 1 amide bonds. The van der Waals surface area contributed by atoms with E-state index in [9.17, 15) is 4.79 Å². The number of carbonyl (C=O) groups is 1. The fraction of sp³-hybridized carbons (Fsp3) is 0.714. The molecule has 2 aliphatic heterocycles. The zero-order chi connectivity index (χ0) is 13.5. The summed E-state index contributed by atoms with van der Waals surface area (Å²) in [4.78, 5) is 14.4. The van der Waals surface area contributed by atoms with Crippen molar-refractivity contribution in [2.75, 3.05) is 26.2 Å². The van der Waals surface area contributed by atoms with Crippen LogP contribution in [0.4, 0.5) is 0 Å². The number of carbonyl (C=O) groups excluding carboxylic acids is 1. The van der Waals surface area contributed by atoms with Gasteiger partial charge in [-0.3, -0.25) is 9.48 Å². The van der Waals surface area contributed by atoms with Gasteiger partial charge in [0.15, 0.2) is 5.69 Å². The summed E-state index contributed by atoms with van der Waals surface area (Å²) in [6, 6.07) is 1.88. The Balaban J connectivity index is 1.66. The molecule has 2 saturated heterocycles. The maximum atomic E-state index is 12.4. The number of nitrogens with one attached hydrogen (secondary N) is 1. The molecule has 19 heavy (non-hydrogen) atoms. The van der Waals surface area contributed by atoms with E-state index in [1.54, 1.807) is 4.68 Å². The molecule has 1 aromatic heterocycles. The van der Waals surface area contributed by atoms with E-state index in [2.05, 4.69) is 10.4 Å². The van der Waals surface area contributed by atoms with Crippen molar-refractivity contribution >= 4 is 5.91 Å². The molecule has 104 valence electrons. The van der Waals surface area contributed by atoms with Gasteiger partial charge in [0.25, 0.3) is 5.91 Å². The first-order chi connectivity index (χ1) is 9.10. The van der Waals surface area contributed by atoms with Gasteiger partial charge < -0.3 is 10.2 Å². The van der Waals surface area contributed by atoms with Crippen molar-refractivity contribution < 1.29 is 4.79 Å². The van der Waals surface area contributed by atoms with Crippen LogP contribution in [0.2, 0.25) is 0 Å². The lowest BCUT2D eigenvalue weighted by molar-refractivity contribution is 0.0601. The van der Waals surface area contributed by atoms with Gasteiger partial charge in [-0.15, -0.1) is 0 Å². The van der Waals surface area contributed by atoms with Crippen molar-refractivity contribution in [1.29, 1.82) is 0 Å². The van der Waals surface area contributed by atoms with E-state index in [0.717, 1.165) is 44.7 Å². The smallest absolute Gasteiger partial charge is 0.274 e. The van der Waals surface area contributed by atoms with E-state index in [4.69, 9.17) is 0 Å². The van der Waals surface area contributed by atoms with Gasteiger partial charge in [0, 0.05) is 32.4 Å². The Hall–Kier alpha value is -1.36. The summed E-state index contributed by atoms with van der Waals surface area (Å²) >= 11 is 0. The van der Waals surface area contributed by atoms with Crippen LogP contribution in [0.25, 0.3) is 0 Å². The molecular weight excluding hydrogens is 240 g/mol. The van der Waals surface area contributed by atoms with E-state index in [-0.39, 0.29) is 5.91 Å². The highest BCUT2D eigenvalue weighted by Gasteiger charge is 2.38. The molecule has 0 unspecified atom stereocenters. The third-order valence-electron chi connectivity index (χ3n) is 4.78. The molecule has 3 rings (SSSR count). The highest BCUT2D eigenvalue weighted by atomic mass is 16.2. The number of hydrogen-bond acceptors (Lipinski definition) is 3. The first-order valence-electron chi connectivity index (χ1n) is 7.10. The number of hydrogen-bond donors (Lipinski definition) is 1. The number of rotatable bonds is 1. The second kappa shape index (κ2) is 4.63. The van der Waals surface area contributed by atoms with Crippen LogP contribution in [-0.2, 0) is 7.05 Å². The Kier molecular flexibility index (Phi) is 3.09. The van der Waals surface area contributed by atoms with Gasteiger partial charge in [0.1, 0.15) is 0 Å². The SMILES string of the molecule is Cc1cc(C(=O)N2CCC3(CCNC3)CC2)nn1C. The van der Waals surface area contributed by atoms with Crippen LogP contribution < -0.4 is 5.32 Å². The van der Waals surface area contributed by atoms with Crippen LogP contribution >= 0.6 is 0 Å². The lowest BCUT2D eigenvalue weighted by atomic mass is 9.78. The summed E-state index contributed by atoms with van der Waals surface area (Å²) in [6.07, 6.45) is 3.51. The number of nitrogens with zero attached hydrogens (tertiary/aromatic N) is 3. The van der Waals surface area contributed by atoms with Gasteiger partial charge in [0.2, 0.25) is 0 Å². The molecule has 1 spiro atoms. The van der Waals surface area contributed by atoms with Gasteiger partial charge in [-0.25, -0.2) is 0 Å².